The zero-order valence-electron chi connectivity index (χ0n) is 35.6. The summed E-state index contributed by atoms with van der Waals surface area (Å²) in [5, 5.41) is 0. The van der Waals surface area contributed by atoms with Gasteiger partial charge in [-0.3, -0.25) is 0 Å². The second-order valence-corrected chi connectivity index (χ2v) is 16.2. The van der Waals surface area contributed by atoms with Crippen LogP contribution >= 0.6 is 0 Å². The van der Waals surface area contributed by atoms with Crippen LogP contribution in [0.5, 0.6) is 0 Å². The van der Waals surface area contributed by atoms with E-state index in [1.165, 1.54) is 77.9 Å². The lowest BCUT2D eigenvalue weighted by Crippen LogP contribution is -2.09. The number of para-hydroxylation sites is 1. The minimum Gasteiger partial charge on any atom is -0.310 e. The van der Waals surface area contributed by atoms with Crippen LogP contribution < -0.4 is 4.90 Å². The van der Waals surface area contributed by atoms with E-state index >= 15 is 0 Å². The summed E-state index contributed by atoms with van der Waals surface area (Å²) in [6.07, 6.45) is 3.17. The molecular formula is C63H47N. The van der Waals surface area contributed by atoms with E-state index in [9.17, 15) is 0 Å². The van der Waals surface area contributed by atoms with Crippen molar-refractivity contribution in [1.29, 1.82) is 0 Å². The second-order valence-electron chi connectivity index (χ2n) is 16.2. The lowest BCUT2D eigenvalue weighted by molar-refractivity contribution is 1.28. The Bertz CT molecular complexity index is 3130. The predicted octanol–water partition coefficient (Wildman–Crippen LogP) is 17.3. The number of benzene rings is 10. The molecule has 1 heteroatoms. The van der Waals surface area contributed by atoms with Gasteiger partial charge in [-0.05, 0) is 139 Å². The lowest BCUT2D eigenvalue weighted by atomic mass is 9.93. The molecule has 0 aliphatic carbocycles. The Balaban J connectivity index is 0.885. The minimum atomic E-state index is 0.833. The Kier molecular flexibility index (Phi) is 11.7. The summed E-state index contributed by atoms with van der Waals surface area (Å²) in [6.45, 7) is 0. The zero-order chi connectivity index (χ0) is 42.9. The van der Waals surface area contributed by atoms with Crippen LogP contribution in [0.1, 0.15) is 16.7 Å². The van der Waals surface area contributed by atoms with Crippen molar-refractivity contribution in [1.82, 2.24) is 0 Å². The molecule has 0 unspecified atom stereocenters. The second kappa shape index (κ2) is 18.8. The summed E-state index contributed by atoms with van der Waals surface area (Å²) in [4.78, 5) is 2.33. The highest BCUT2D eigenvalue weighted by molar-refractivity contribution is 5.85. The Morgan fingerprint density at radius 3 is 1.22 bits per heavy atom. The van der Waals surface area contributed by atoms with Crippen LogP contribution in [0.2, 0.25) is 0 Å². The molecule has 0 bridgehead atoms. The fourth-order valence-electron chi connectivity index (χ4n) is 8.60. The average molecular weight is 818 g/mol. The Morgan fingerprint density at radius 1 is 0.281 bits per heavy atom. The third-order valence-corrected chi connectivity index (χ3v) is 11.9. The number of rotatable bonds is 12. The molecule has 10 aromatic rings. The van der Waals surface area contributed by atoms with E-state index < -0.39 is 0 Å². The Hall–Kier alpha value is -8.26. The molecule has 0 saturated carbocycles. The molecule has 0 atom stereocenters. The zero-order valence-corrected chi connectivity index (χ0v) is 35.6. The van der Waals surface area contributed by atoms with Gasteiger partial charge in [-0.15, -0.1) is 0 Å². The molecule has 0 radical (unpaired) electrons. The Labute approximate surface area is 377 Å². The van der Waals surface area contributed by atoms with Gasteiger partial charge in [0.15, 0.2) is 0 Å². The van der Waals surface area contributed by atoms with Gasteiger partial charge in [0, 0.05) is 17.1 Å². The van der Waals surface area contributed by atoms with E-state index in [1.807, 2.05) is 0 Å². The van der Waals surface area contributed by atoms with Crippen molar-refractivity contribution in [3.63, 3.8) is 0 Å². The number of allylic oxidation sites excluding steroid dienone is 1. The molecule has 10 rings (SSSR count). The van der Waals surface area contributed by atoms with Crippen LogP contribution in [0.4, 0.5) is 17.1 Å². The van der Waals surface area contributed by atoms with E-state index in [0.29, 0.717) is 0 Å². The molecule has 0 saturated heterocycles. The maximum Gasteiger partial charge on any atom is 0.0467 e. The summed E-state index contributed by atoms with van der Waals surface area (Å²) in [5.41, 5.74) is 20.3. The standard InChI is InChI=1S/C63H47N/c1-5-18-49(19-6-1)54-24-13-17-48(42-54)43-60(51-22-9-3-10-23-51)41-47-33-35-52(36-34-47)55-25-14-27-57(44-55)58-28-15-26-56(45-58)53-37-39-62(40-38-53)64(61-30-11-4-12-31-61)63-32-16-29-59(46-63)50-20-7-2-8-21-50/h1-40,42-46H,41H2/b60-43-. The minimum absolute atomic E-state index is 0.833. The third kappa shape index (κ3) is 9.16. The van der Waals surface area contributed by atoms with Crippen molar-refractivity contribution in [3.8, 4) is 55.6 Å². The molecule has 1 nitrogen and oxygen atoms in total. The summed E-state index contributed by atoms with van der Waals surface area (Å²) >= 11 is 0. The molecule has 0 amide bonds. The number of anilines is 3. The number of hydrogen-bond donors (Lipinski definition) is 0. The molecule has 0 spiro atoms. The monoisotopic (exact) mass is 817 g/mol. The first-order valence-electron chi connectivity index (χ1n) is 22.0. The van der Waals surface area contributed by atoms with Gasteiger partial charge in [-0.25, -0.2) is 0 Å². The normalized spacial score (nSPS) is 11.3. The molecule has 0 aliphatic heterocycles. The van der Waals surface area contributed by atoms with Crippen molar-refractivity contribution < 1.29 is 0 Å². The van der Waals surface area contributed by atoms with Crippen LogP contribution in [0.25, 0.3) is 67.3 Å². The molecule has 10 aromatic carbocycles. The van der Waals surface area contributed by atoms with E-state index in [2.05, 4.69) is 278 Å². The molecule has 64 heavy (non-hydrogen) atoms. The van der Waals surface area contributed by atoms with Crippen molar-refractivity contribution in [3.05, 3.63) is 284 Å². The molecule has 0 aliphatic rings. The van der Waals surface area contributed by atoms with Gasteiger partial charge in [0.05, 0.1) is 0 Å². The van der Waals surface area contributed by atoms with Gasteiger partial charge >= 0.3 is 0 Å². The maximum absolute atomic E-state index is 2.34. The van der Waals surface area contributed by atoms with Crippen molar-refractivity contribution in [2.24, 2.45) is 0 Å². The van der Waals surface area contributed by atoms with E-state index in [-0.39, 0.29) is 0 Å². The summed E-state index contributed by atoms with van der Waals surface area (Å²) in [6, 6.07) is 96.0. The van der Waals surface area contributed by atoms with E-state index in [4.69, 9.17) is 0 Å². The van der Waals surface area contributed by atoms with Crippen molar-refractivity contribution in [2.75, 3.05) is 4.90 Å². The van der Waals surface area contributed by atoms with Crippen molar-refractivity contribution in [2.45, 2.75) is 6.42 Å². The fourth-order valence-corrected chi connectivity index (χ4v) is 8.60. The van der Waals surface area contributed by atoms with Crippen LogP contribution in [-0.4, -0.2) is 0 Å². The number of hydrogen-bond acceptors (Lipinski definition) is 1. The first-order chi connectivity index (χ1) is 31.7. The quantitative estimate of drug-likeness (QED) is 0.111. The smallest absolute Gasteiger partial charge is 0.0467 e. The van der Waals surface area contributed by atoms with Crippen molar-refractivity contribution >= 4 is 28.7 Å². The van der Waals surface area contributed by atoms with Crippen LogP contribution in [-0.2, 0) is 6.42 Å². The lowest BCUT2D eigenvalue weighted by Gasteiger charge is -2.26. The predicted molar refractivity (Wildman–Crippen MR) is 273 cm³/mol. The van der Waals surface area contributed by atoms with Crippen LogP contribution in [0.15, 0.2) is 267 Å². The highest BCUT2D eigenvalue weighted by Crippen LogP contribution is 2.38. The summed E-state index contributed by atoms with van der Waals surface area (Å²) in [7, 11) is 0. The van der Waals surface area contributed by atoms with E-state index in [0.717, 1.165) is 23.5 Å². The highest BCUT2D eigenvalue weighted by atomic mass is 15.1. The average Bonchev–Trinajstić information content (AvgIpc) is 3.38. The molecule has 0 heterocycles. The number of nitrogens with zero attached hydrogens (tertiary/aromatic N) is 1. The SMILES string of the molecule is C(=C(\Cc1ccc(-c2cccc(-c3cccc(-c4ccc(N(c5ccccc5)c5cccc(-c6ccccc6)c5)cc4)c3)c2)cc1)c1ccccc1)/c1cccc(-c2ccccc2)c1. The van der Waals surface area contributed by atoms with Gasteiger partial charge in [0.25, 0.3) is 0 Å². The maximum atomic E-state index is 2.34. The third-order valence-electron chi connectivity index (χ3n) is 11.9. The fraction of sp³-hybridized carbons (Fsp3) is 0.0159. The summed E-state index contributed by atoms with van der Waals surface area (Å²) < 4.78 is 0. The molecule has 0 N–H and O–H groups in total. The molecule has 0 aromatic heterocycles. The van der Waals surface area contributed by atoms with Gasteiger partial charge < -0.3 is 4.90 Å². The molecule has 304 valence electrons. The topological polar surface area (TPSA) is 3.24 Å². The summed E-state index contributed by atoms with van der Waals surface area (Å²) in [5.74, 6) is 0. The van der Waals surface area contributed by atoms with Crippen LogP contribution in [0, 0.1) is 0 Å². The Morgan fingerprint density at radius 2 is 0.656 bits per heavy atom. The first kappa shape index (κ1) is 39.9. The van der Waals surface area contributed by atoms with Gasteiger partial charge in [-0.1, -0.05) is 218 Å². The van der Waals surface area contributed by atoms with Gasteiger partial charge in [0.2, 0.25) is 0 Å². The van der Waals surface area contributed by atoms with Crippen LogP contribution in [0.3, 0.4) is 0 Å². The highest BCUT2D eigenvalue weighted by Gasteiger charge is 2.14. The largest absolute Gasteiger partial charge is 0.310 e. The molecular weight excluding hydrogens is 771 g/mol. The first-order valence-corrected chi connectivity index (χ1v) is 22.0. The van der Waals surface area contributed by atoms with Gasteiger partial charge in [0.1, 0.15) is 0 Å². The molecule has 0 fully saturated rings. The van der Waals surface area contributed by atoms with Gasteiger partial charge in [-0.2, -0.15) is 0 Å². The van der Waals surface area contributed by atoms with E-state index in [1.54, 1.807) is 0 Å².